The minimum atomic E-state index is -4.51. The first-order valence-electron chi connectivity index (χ1n) is 8.48. The van der Waals surface area contributed by atoms with Gasteiger partial charge in [0.05, 0.1) is 6.04 Å². The van der Waals surface area contributed by atoms with Crippen LogP contribution in [0, 0.1) is 0 Å². The van der Waals surface area contributed by atoms with Crippen molar-refractivity contribution in [3.8, 4) is 5.88 Å². The molecule has 2 aromatic heterocycles. The van der Waals surface area contributed by atoms with E-state index >= 15 is 0 Å². The third kappa shape index (κ3) is 4.26. The predicted molar refractivity (Wildman–Crippen MR) is 96.7 cm³/mol. The predicted octanol–water partition coefficient (Wildman–Crippen LogP) is 3.15. The number of carbonyl (C=O) groups is 2. The van der Waals surface area contributed by atoms with Crippen LogP contribution in [0.3, 0.4) is 0 Å². The number of pyridine rings is 2. The Labute approximate surface area is 168 Å². The van der Waals surface area contributed by atoms with Crippen molar-refractivity contribution in [2.45, 2.75) is 25.7 Å². The van der Waals surface area contributed by atoms with Gasteiger partial charge in [-0.15, -0.1) is 0 Å². The van der Waals surface area contributed by atoms with Crippen molar-refractivity contribution >= 4 is 23.4 Å². The van der Waals surface area contributed by atoms with Crippen LogP contribution in [0.15, 0.2) is 24.5 Å². The molecule has 2 amide bonds. The van der Waals surface area contributed by atoms with Gasteiger partial charge in [0, 0.05) is 37.1 Å². The van der Waals surface area contributed by atoms with E-state index in [-0.39, 0.29) is 29.0 Å². The molecule has 1 unspecified atom stereocenters. The SMILES string of the molecule is CNC(=O)c1nccc2c1CN(C(C)c1cnc(OCC(F)(F)F)c(Cl)c1)C2=O. The second kappa shape index (κ2) is 7.86. The van der Waals surface area contributed by atoms with E-state index in [2.05, 4.69) is 20.0 Å². The molecule has 0 fully saturated rings. The molecule has 0 aliphatic carbocycles. The van der Waals surface area contributed by atoms with Crippen LogP contribution in [-0.2, 0) is 6.54 Å². The van der Waals surface area contributed by atoms with Crippen LogP contribution in [0.4, 0.5) is 13.2 Å². The summed E-state index contributed by atoms with van der Waals surface area (Å²) in [5.74, 6) is -1.05. The fourth-order valence-corrected chi connectivity index (χ4v) is 3.21. The van der Waals surface area contributed by atoms with E-state index < -0.39 is 24.7 Å². The van der Waals surface area contributed by atoms with Gasteiger partial charge in [0.2, 0.25) is 5.88 Å². The molecule has 0 spiro atoms. The van der Waals surface area contributed by atoms with Crippen LogP contribution >= 0.6 is 11.6 Å². The molecular weight excluding hydrogens is 413 g/mol. The van der Waals surface area contributed by atoms with Crippen LogP contribution < -0.4 is 10.1 Å². The molecule has 154 valence electrons. The summed E-state index contributed by atoms with van der Waals surface area (Å²) in [6.07, 6.45) is -1.82. The van der Waals surface area contributed by atoms with Gasteiger partial charge in [-0.3, -0.25) is 14.6 Å². The molecule has 1 aliphatic rings. The Balaban J connectivity index is 1.82. The topological polar surface area (TPSA) is 84.4 Å². The molecule has 0 bridgehead atoms. The monoisotopic (exact) mass is 428 g/mol. The molecule has 11 heteroatoms. The van der Waals surface area contributed by atoms with E-state index in [1.54, 1.807) is 6.92 Å². The number of aromatic nitrogens is 2. The lowest BCUT2D eigenvalue weighted by Gasteiger charge is -2.25. The van der Waals surface area contributed by atoms with E-state index in [9.17, 15) is 22.8 Å². The van der Waals surface area contributed by atoms with Gasteiger partial charge < -0.3 is 15.0 Å². The molecule has 0 radical (unpaired) electrons. The number of nitrogens with zero attached hydrogens (tertiary/aromatic N) is 3. The quantitative estimate of drug-likeness (QED) is 0.791. The largest absolute Gasteiger partial charge is 0.467 e. The minimum Gasteiger partial charge on any atom is -0.467 e. The Hall–Kier alpha value is -2.88. The highest BCUT2D eigenvalue weighted by Gasteiger charge is 2.35. The van der Waals surface area contributed by atoms with Crippen molar-refractivity contribution in [2.24, 2.45) is 0 Å². The van der Waals surface area contributed by atoms with E-state index in [4.69, 9.17) is 11.6 Å². The summed E-state index contributed by atoms with van der Waals surface area (Å²) < 4.78 is 41.5. The average molecular weight is 429 g/mol. The summed E-state index contributed by atoms with van der Waals surface area (Å²) >= 11 is 6.00. The molecule has 2 aromatic rings. The van der Waals surface area contributed by atoms with E-state index in [0.29, 0.717) is 16.7 Å². The molecule has 29 heavy (non-hydrogen) atoms. The standard InChI is InChI=1S/C18H16ClF3N4O3/c1-9(10-5-13(19)16(25-6-10)29-8-18(20,21)22)26-7-12-11(17(26)28)3-4-24-14(12)15(27)23-2/h3-6,9H,7-8H2,1-2H3,(H,23,27). The average Bonchev–Trinajstić information content (AvgIpc) is 3.02. The first-order valence-corrected chi connectivity index (χ1v) is 8.86. The van der Waals surface area contributed by atoms with Crippen molar-refractivity contribution < 1.29 is 27.5 Å². The molecule has 0 saturated heterocycles. The molecule has 0 aromatic carbocycles. The fourth-order valence-electron chi connectivity index (χ4n) is 2.98. The Kier molecular flexibility index (Phi) is 5.65. The van der Waals surface area contributed by atoms with Crippen molar-refractivity contribution in [3.63, 3.8) is 0 Å². The highest BCUT2D eigenvalue weighted by molar-refractivity contribution is 6.31. The third-order valence-corrected chi connectivity index (χ3v) is 4.74. The number of amides is 2. The van der Waals surface area contributed by atoms with Crippen LogP contribution in [0.25, 0.3) is 0 Å². The second-order valence-corrected chi connectivity index (χ2v) is 6.74. The van der Waals surface area contributed by atoms with E-state index in [1.807, 2.05) is 0 Å². The molecule has 0 saturated carbocycles. The van der Waals surface area contributed by atoms with Crippen LogP contribution in [0.5, 0.6) is 5.88 Å². The summed E-state index contributed by atoms with van der Waals surface area (Å²) in [5.41, 5.74) is 1.55. The Morgan fingerprint density at radius 2 is 2.14 bits per heavy atom. The van der Waals surface area contributed by atoms with Crippen LogP contribution in [0.1, 0.15) is 44.9 Å². The number of ether oxygens (including phenoxy) is 1. The van der Waals surface area contributed by atoms with Crippen LogP contribution in [0.2, 0.25) is 5.02 Å². The Bertz CT molecular complexity index is 968. The van der Waals surface area contributed by atoms with E-state index in [1.165, 1.54) is 36.5 Å². The number of carbonyl (C=O) groups excluding carboxylic acids is 2. The van der Waals surface area contributed by atoms with Gasteiger partial charge in [-0.2, -0.15) is 13.2 Å². The maximum atomic E-state index is 12.8. The number of hydrogen-bond donors (Lipinski definition) is 1. The highest BCUT2D eigenvalue weighted by atomic mass is 35.5. The van der Waals surface area contributed by atoms with Gasteiger partial charge in [-0.1, -0.05) is 11.6 Å². The number of alkyl halides is 3. The van der Waals surface area contributed by atoms with Gasteiger partial charge >= 0.3 is 6.18 Å². The van der Waals surface area contributed by atoms with Gasteiger partial charge in [-0.25, -0.2) is 4.98 Å². The molecule has 7 nitrogen and oxygen atoms in total. The molecule has 1 atom stereocenters. The molecule has 3 rings (SSSR count). The number of hydrogen-bond acceptors (Lipinski definition) is 5. The first-order chi connectivity index (χ1) is 13.6. The second-order valence-electron chi connectivity index (χ2n) is 6.33. The maximum absolute atomic E-state index is 12.8. The van der Waals surface area contributed by atoms with Gasteiger partial charge in [0.25, 0.3) is 11.8 Å². The van der Waals surface area contributed by atoms with Crippen molar-refractivity contribution in [1.82, 2.24) is 20.2 Å². The maximum Gasteiger partial charge on any atom is 0.422 e. The number of rotatable bonds is 5. The number of fused-ring (bicyclic) bond motifs is 1. The Morgan fingerprint density at radius 3 is 2.76 bits per heavy atom. The number of halogens is 4. The smallest absolute Gasteiger partial charge is 0.422 e. The molecule has 1 aliphatic heterocycles. The lowest BCUT2D eigenvalue weighted by molar-refractivity contribution is -0.154. The van der Waals surface area contributed by atoms with Crippen molar-refractivity contribution in [1.29, 1.82) is 0 Å². The Morgan fingerprint density at radius 1 is 1.41 bits per heavy atom. The summed E-state index contributed by atoms with van der Waals surface area (Å²) in [6.45, 7) is 0.361. The zero-order chi connectivity index (χ0) is 21.3. The van der Waals surface area contributed by atoms with Crippen molar-refractivity contribution in [2.75, 3.05) is 13.7 Å². The van der Waals surface area contributed by atoms with Gasteiger partial charge in [0.1, 0.15) is 10.7 Å². The van der Waals surface area contributed by atoms with Crippen LogP contribution in [-0.4, -0.2) is 46.5 Å². The fraction of sp³-hybridized carbons (Fsp3) is 0.333. The summed E-state index contributed by atoms with van der Waals surface area (Å²) in [6, 6.07) is 2.43. The highest BCUT2D eigenvalue weighted by Crippen LogP contribution is 2.34. The van der Waals surface area contributed by atoms with Gasteiger partial charge in [-0.05, 0) is 24.6 Å². The minimum absolute atomic E-state index is 0.101. The van der Waals surface area contributed by atoms with Crippen molar-refractivity contribution in [3.05, 3.63) is 51.9 Å². The summed E-state index contributed by atoms with van der Waals surface area (Å²) in [4.78, 5) is 34.2. The zero-order valence-electron chi connectivity index (χ0n) is 15.4. The van der Waals surface area contributed by atoms with Gasteiger partial charge in [0.15, 0.2) is 6.61 Å². The zero-order valence-corrected chi connectivity index (χ0v) is 16.1. The first kappa shape index (κ1) is 20.8. The summed E-state index contributed by atoms with van der Waals surface area (Å²) in [5, 5.41) is 2.38. The molecule has 3 heterocycles. The lowest BCUT2D eigenvalue weighted by atomic mass is 10.1. The van der Waals surface area contributed by atoms with E-state index in [0.717, 1.165) is 0 Å². The third-order valence-electron chi connectivity index (χ3n) is 4.47. The lowest BCUT2D eigenvalue weighted by Crippen LogP contribution is -2.27. The molecule has 1 N–H and O–H groups in total. The number of nitrogens with one attached hydrogen (secondary N) is 1. The molecular formula is C18H16ClF3N4O3. The normalized spacial score (nSPS) is 14.6. The summed E-state index contributed by atoms with van der Waals surface area (Å²) in [7, 11) is 1.47.